The number of guanidine groups is 1. The van der Waals surface area contributed by atoms with E-state index in [9.17, 15) is 4.39 Å². The first-order valence-corrected chi connectivity index (χ1v) is 8.26. The van der Waals surface area contributed by atoms with Crippen molar-refractivity contribution >= 4 is 33.2 Å². The first-order chi connectivity index (χ1) is 10.2. The second kappa shape index (κ2) is 8.14. The minimum absolute atomic E-state index is 0.196. The predicted molar refractivity (Wildman–Crippen MR) is 90.3 cm³/mol. The zero-order chi connectivity index (χ0) is 15.1. The number of benzene rings is 1. The van der Waals surface area contributed by atoms with Crippen molar-refractivity contribution in [2.45, 2.75) is 13.0 Å². The van der Waals surface area contributed by atoms with Crippen LogP contribution in [0.25, 0.3) is 0 Å². The van der Waals surface area contributed by atoms with Crippen molar-refractivity contribution in [1.29, 1.82) is 0 Å². The van der Waals surface area contributed by atoms with Crippen LogP contribution in [-0.4, -0.2) is 19.6 Å². The van der Waals surface area contributed by atoms with Crippen molar-refractivity contribution in [2.75, 3.05) is 13.6 Å². The van der Waals surface area contributed by atoms with E-state index >= 15 is 0 Å². The van der Waals surface area contributed by atoms with E-state index in [0.29, 0.717) is 6.54 Å². The van der Waals surface area contributed by atoms with E-state index in [1.165, 1.54) is 10.9 Å². The minimum atomic E-state index is -0.196. The molecule has 2 aromatic rings. The van der Waals surface area contributed by atoms with Crippen LogP contribution in [0.4, 0.5) is 4.39 Å². The first kappa shape index (κ1) is 16.0. The van der Waals surface area contributed by atoms with Crippen molar-refractivity contribution in [2.24, 2.45) is 4.99 Å². The van der Waals surface area contributed by atoms with Crippen molar-refractivity contribution in [3.63, 3.8) is 0 Å². The third-order valence-electron chi connectivity index (χ3n) is 2.87. The van der Waals surface area contributed by atoms with E-state index in [2.05, 4.69) is 43.0 Å². The molecule has 0 saturated heterocycles. The highest BCUT2D eigenvalue weighted by Gasteiger charge is 2.01. The molecule has 0 spiro atoms. The van der Waals surface area contributed by atoms with Crippen LogP contribution in [0, 0.1) is 5.82 Å². The Kier molecular flexibility index (Phi) is 6.20. The lowest BCUT2D eigenvalue weighted by molar-refractivity contribution is 0.625. The standard InChI is InChI=1S/C15H17BrFN3S/c1-18-15(20-9-14-8-12(16)10-21-14)19-6-5-11-3-2-4-13(17)7-11/h2-4,7-8,10H,5-6,9H2,1H3,(H2,18,19,20). The summed E-state index contributed by atoms with van der Waals surface area (Å²) in [4.78, 5) is 5.40. The van der Waals surface area contributed by atoms with Gasteiger partial charge in [-0.25, -0.2) is 4.39 Å². The lowest BCUT2D eigenvalue weighted by Gasteiger charge is -2.11. The Labute approximate surface area is 136 Å². The SMILES string of the molecule is CN=C(NCCc1cccc(F)c1)NCc1cc(Br)cs1. The third-order valence-corrected chi connectivity index (χ3v) is 4.57. The number of nitrogens with zero attached hydrogens (tertiary/aromatic N) is 1. The molecule has 2 rings (SSSR count). The zero-order valence-electron chi connectivity index (χ0n) is 11.7. The topological polar surface area (TPSA) is 36.4 Å². The summed E-state index contributed by atoms with van der Waals surface area (Å²) in [5.41, 5.74) is 0.972. The molecular weight excluding hydrogens is 353 g/mol. The van der Waals surface area contributed by atoms with E-state index in [-0.39, 0.29) is 5.82 Å². The molecule has 1 aromatic carbocycles. The molecule has 1 heterocycles. The molecular formula is C15H17BrFN3S. The quantitative estimate of drug-likeness (QED) is 0.624. The second-order valence-electron chi connectivity index (χ2n) is 4.46. The van der Waals surface area contributed by atoms with Crippen LogP contribution in [0.2, 0.25) is 0 Å². The summed E-state index contributed by atoms with van der Waals surface area (Å²) in [5, 5.41) is 8.53. The van der Waals surface area contributed by atoms with Crippen molar-refractivity contribution in [1.82, 2.24) is 10.6 Å². The Bertz CT molecular complexity index is 612. The van der Waals surface area contributed by atoms with Gasteiger partial charge in [0.2, 0.25) is 0 Å². The van der Waals surface area contributed by atoms with Crippen LogP contribution < -0.4 is 10.6 Å². The van der Waals surface area contributed by atoms with Gasteiger partial charge in [-0.15, -0.1) is 11.3 Å². The Morgan fingerprint density at radius 2 is 2.19 bits per heavy atom. The number of rotatable bonds is 5. The fourth-order valence-corrected chi connectivity index (χ4v) is 3.25. The summed E-state index contributed by atoms with van der Waals surface area (Å²) in [6.45, 7) is 1.44. The molecule has 0 bridgehead atoms. The van der Waals surface area contributed by atoms with E-state index in [0.717, 1.165) is 29.0 Å². The molecule has 2 N–H and O–H groups in total. The molecule has 6 heteroatoms. The largest absolute Gasteiger partial charge is 0.356 e. The monoisotopic (exact) mass is 369 g/mol. The normalized spacial score (nSPS) is 11.5. The molecule has 0 saturated carbocycles. The van der Waals surface area contributed by atoms with E-state index in [4.69, 9.17) is 0 Å². The molecule has 0 fully saturated rings. The van der Waals surface area contributed by atoms with Crippen molar-refractivity contribution in [3.8, 4) is 0 Å². The number of nitrogens with one attached hydrogen (secondary N) is 2. The van der Waals surface area contributed by atoms with Crippen LogP contribution in [0.1, 0.15) is 10.4 Å². The van der Waals surface area contributed by atoms with E-state index in [1.807, 2.05) is 6.07 Å². The first-order valence-electron chi connectivity index (χ1n) is 6.59. The number of hydrogen-bond acceptors (Lipinski definition) is 2. The Morgan fingerprint density at radius 3 is 2.86 bits per heavy atom. The van der Waals surface area contributed by atoms with E-state index < -0.39 is 0 Å². The molecule has 0 unspecified atom stereocenters. The van der Waals surface area contributed by atoms with Gasteiger partial charge in [0, 0.05) is 28.3 Å². The third kappa shape index (κ3) is 5.47. The highest BCUT2D eigenvalue weighted by molar-refractivity contribution is 9.10. The molecule has 0 aliphatic rings. The van der Waals surface area contributed by atoms with Crippen LogP contribution in [-0.2, 0) is 13.0 Å². The fourth-order valence-electron chi connectivity index (χ4n) is 1.86. The van der Waals surface area contributed by atoms with Crippen molar-refractivity contribution in [3.05, 3.63) is 56.4 Å². The van der Waals surface area contributed by atoms with Gasteiger partial charge in [0.25, 0.3) is 0 Å². The van der Waals surface area contributed by atoms with Gasteiger partial charge in [-0.1, -0.05) is 12.1 Å². The highest BCUT2D eigenvalue weighted by Crippen LogP contribution is 2.19. The number of halogens is 2. The van der Waals surface area contributed by atoms with Crippen LogP contribution in [0.5, 0.6) is 0 Å². The summed E-state index contributed by atoms with van der Waals surface area (Å²) < 4.78 is 14.2. The maximum absolute atomic E-state index is 13.1. The molecule has 1 aromatic heterocycles. The average Bonchev–Trinajstić information content (AvgIpc) is 2.88. The molecule has 0 aliphatic heterocycles. The van der Waals surface area contributed by atoms with Crippen LogP contribution >= 0.6 is 27.3 Å². The Balaban J connectivity index is 1.75. The smallest absolute Gasteiger partial charge is 0.191 e. The van der Waals surface area contributed by atoms with Crippen LogP contribution in [0.3, 0.4) is 0 Å². The fraction of sp³-hybridized carbons (Fsp3) is 0.267. The maximum Gasteiger partial charge on any atom is 0.191 e. The number of hydrogen-bond donors (Lipinski definition) is 2. The Morgan fingerprint density at radius 1 is 1.33 bits per heavy atom. The molecule has 21 heavy (non-hydrogen) atoms. The lowest BCUT2D eigenvalue weighted by atomic mass is 10.1. The molecule has 3 nitrogen and oxygen atoms in total. The van der Waals surface area contributed by atoms with E-state index in [1.54, 1.807) is 30.5 Å². The van der Waals surface area contributed by atoms with Gasteiger partial charge in [-0.2, -0.15) is 0 Å². The van der Waals surface area contributed by atoms with Gasteiger partial charge in [0.1, 0.15) is 5.82 Å². The Hall–Kier alpha value is -1.40. The van der Waals surface area contributed by atoms with Crippen LogP contribution in [0.15, 0.2) is 45.2 Å². The van der Waals surface area contributed by atoms with Gasteiger partial charge >= 0.3 is 0 Å². The minimum Gasteiger partial charge on any atom is -0.356 e. The molecule has 0 atom stereocenters. The molecule has 0 radical (unpaired) electrons. The lowest BCUT2D eigenvalue weighted by Crippen LogP contribution is -2.37. The predicted octanol–water partition coefficient (Wildman–Crippen LogP) is 3.56. The second-order valence-corrected chi connectivity index (χ2v) is 6.38. The highest BCUT2D eigenvalue weighted by atomic mass is 79.9. The summed E-state index contributed by atoms with van der Waals surface area (Å²) in [7, 11) is 1.74. The van der Waals surface area contributed by atoms with Gasteiger partial charge in [0.15, 0.2) is 5.96 Å². The molecule has 0 amide bonds. The van der Waals surface area contributed by atoms with Crippen molar-refractivity contribution < 1.29 is 4.39 Å². The summed E-state index contributed by atoms with van der Waals surface area (Å²) in [6.07, 6.45) is 0.753. The zero-order valence-corrected chi connectivity index (χ0v) is 14.1. The summed E-state index contributed by atoms with van der Waals surface area (Å²) >= 11 is 5.13. The number of thiophene rings is 1. The summed E-state index contributed by atoms with van der Waals surface area (Å²) in [6, 6.07) is 8.74. The molecule has 112 valence electrons. The number of aliphatic imine (C=N–C) groups is 1. The summed E-state index contributed by atoms with van der Waals surface area (Å²) in [5.74, 6) is 0.550. The average molecular weight is 370 g/mol. The van der Waals surface area contributed by atoms with Gasteiger partial charge in [-0.3, -0.25) is 4.99 Å². The van der Waals surface area contributed by atoms with Gasteiger partial charge < -0.3 is 10.6 Å². The maximum atomic E-state index is 13.1. The molecule has 0 aliphatic carbocycles. The van der Waals surface area contributed by atoms with Gasteiger partial charge in [-0.05, 0) is 46.1 Å². The van der Waals surface area contributed by atoms with Gasteiger partial charge in [0.05, 0.1) is 6.54 Å².